The molecular formula is C24H23N3O3. The molecule has 1 unspecified atom stereocenters. The van der Waals surface area contributed by atoms with E-state index >= 15 is 0 Å². The number of H-pyrrole nitrogens is 1. The SMILES string of the molecule is Cc1[nH]c2ccccc2c1C(=O)C(C)OC(=O)C(C#N)=Cc1ccc(N(C)C)cc1. The van der Waals surface area contributed by atoms with Crippen molar-refractivity contribution < 1.29 is 14.3 Å². The van der Waals surface area contributed by atoms with Crippen LogP contribution in [0.3, 0.4) is 0 Å². The van der Waals surface area contributed by atoms with E-state index in [1.54, 1.807) is 6.92 Å². The fourth-order valence-corrected chi connectivity index (χ4v) is 3.25. The number of aryl methyl sites for hydroxylation is 1. The number of Topliss-reactive ketones (excluding diaryl/α,β-unsaturated/α-hetero) is 1. The zero-order chi connectivity index (χ0) is 21.8. The first-order valence-corrected chi connectivity index (χ1v) is 9.53. The quantitative estimate of drug-likeness (QED) is 0.289. The number of aromatic nitrogens is 1. The van der Waals surface area contributed by atoms with Crippen LogP contribution in [-0.4, -0.2) is 36.9 Å². The zero-order valence-corrected chi connectivity index (χ0v) is 17.4. The third-order valence-electron chi connectivity index (χ3n) is 4.85. The van der Waals surface area contributed by atoms with Gasteiger partial charge in [-0.3, -0.25) is 4.79 Å². The molecule has 3 aromatic rings. The van der Waals surface area contributed by atoms with Crippen molar-refractivity contribution >= 4 is 34.4 Å². The van der Waals surface area contributed by atoms with Crippen LogP contribution in [0.1, 0.15) is 28.5 Å². The number of nitrogens with zero attached hydrogens (tertiary/aromatic N) is 2. The van der Waals surface area contributed by atoms with Gasteiger partial charge in [0.05, 0.1) is 0 Å². The number of ketones is 1. The Morgan fingerprint density at radius 3 is 2.43 bits per heavy atom. The molecule has 0 saturated carbocycles. The van der Waals surface area contributed by atoms with Gasteiger partial charge in [0.25, 0.3) is 0 Å². The Morgan fingerprint density at radius 2 is 1.80 bits per heavy atom. The third kappa shape index (κ3) is 4.26. The minimum Gasteiger partial charge on any atom is -0.450 e. The maximum Gasteiger partial charge on any atom is 0.349 e. The van der Waals surface area contributed by atoms with Crippen molar-refractivity contribution in [3.05, 3.63) is 70.9 Å². The summed E-state index contributed by atoms with van der Waals surface area (Å²) in [6, 6.07) is 16.7. The first-order chi connectivity index (χ1) is 14.3. The van der Waals surface area contributed by atoms with Crippen LogP contribution in [0.2, 0.25) is 0 Å². The number of aromatic amines is 1. The molecular weight excluding hydrogens is 378 g/mol. The number of para-hydroxylation sites is 1. The van der Waals surface area contributed by atoms with Crippen LogP contribution in [0, 0.1) is 18.3 Å². The summed E-state index contributed by atoms with van der Waals surface area (Å²) in [7, 11) is 3.85. The normalized spacial score (nSPS) is 12.3. The minimum absolute atomic E-state index is 0.164. The van der Waals surface area contributed by atoms with Gasteiger partial charge in [0.2, 0.25) is 5.78 Å². The van der Waals surface area contributed by atoms with Crippen molar-refractivity contribution in [3.63, 3.8) is 0 Å². The van der Waals surface area contributed by atoms with E-state index in [1.165, 1.54) is 13.0 Å². The van der Waals surface area contributed by atoms with Gasteiger partial charge in [-0.05, 0) is 43.7 Å². The average Bonchev–Trinajstić information content (AvgIpc) is 3.07. The highest BCUT2D eigenvalue weighted by atomic mass is 16.5. The number of hydrogen-bond donors (Lipinski definition) is 1. The number of hydrogen-bond acceptors (Lipinski definition) is 5. The summed E-state index contributed by atoms with van der Waals surface area (Å²) in [6.07, 6.45) is 0.430. The van der Waals surface area contributed by atoms with E-state index in [9.17, 15) is 14.9 Å². The van der Waals surface area contributed by atoms with Crippen LogP contribution < -0.4 is 4.90 Å². The second-order valence-electron chi connectivity index (χ2n) is 7.24. The lowest BCUT2D eigenvalue weighted by Crippen LogP contribution is -2.25. The number of nitrogens with one attached hydrogen (secondary N) is 1. The molecule has 6 nitrogen and oxygen atoms in total. The molecule has 2 aromatic carbocycles. The highest BCUT2D eigenvalue weighted by Crippen LogP contribution is 2.24. The molecule has 30 heavy (non-hydrogen) atoms. The Hall–Kier alpha value is -3.85. The van der Waals surface area contributed by atoms with Gasteiger partial charge in [-0.25, -0.2) is 4.79 Å². The number of fused-ring (bicyclic) bond motifs is 1. The predicted octanol–water partition coefficient (Wildman–Crippen LogP) is 4.26. The van der Waals surface area contributed by atoms with E-state index in [0.29, 0.717) is 16.8 Å². The Kier molecular flexibility index (Phi) is 6.03. The molecule has 6 heteroatoms. The average molecular weight is 401 g/mol. The van der Waals surface area contributed by atoms with Gasteiger partial charge in [-0.15, -0.1) is 0 Å². The van der Waals surface area contributed by atoms with E-state index in [1.807, 2.05) is 73.6 Å². The van der Waals surface area contributed by atoms with Crippen LogP contribution in [0.5, 0.6) is 0 Å². The van der Waals surface area contributed by atoms with Crippen molar-refractivity contribution in [1.29, 1.82) is 5.26 Å². The molecule has 1 aromatic heterocycles. The second-order valence-corrected chi connectivity index (χ2v) is 7.24. The van der Waals surface area contributed by atoms with Crippen LogP contribution >= 0.6 is 0 Å². The molecule has 0 saturated heterocycles. The summed E-state index contributed by atoms with van der Waals surface area (Å²) in [4.78, 5) is 30.6. The molecule has 0 aliphatic carbocycles. The smallest absolute Gasteiger partial charge is 0.349 e. The number of benzene rings is 2. The minimum atomic E-state index is -1.02. The highest BCUT2D eigenvalue weighted by molar-refractivity contribution is 6.12. The molecule has 1 atom stereocenters. The third-order valence-corrected chi connectivity index (χ3v) is 4.85. The topological polar surface area (TPSA) is 86.2 Å². The number of carbonyl (C=O) groups excluding carboxylic acids is 2. The van der Waals surface area contributed by atoms with E-state index in [2.05, 4.69) is 4.98 Å². The molecule has 0 aliphatic heterocycles. The number of anilines is 1. The summed E-state index contributed by atoms with van der Waals surface area (Å²) in [6.45, 7) is 3.32. The molecule has 1 heterocycles. The van der Waals surface area contributed by atoms with Gasteiger partial charge < -0.3 is 14.6 Å². The lowest BCUT2D eigenvalue weighted by Gasteiger charge is -2.13. The lowest BCUT2D eigenvalue weighted by molar-refractivity contribution is -0.141. The molecule has 0 radical (unpaired) electrons. The fraction of sp³-hybridized carbons (Fsp3) is 0.208. The van der Waals surface area contributed by atoms with Crippen LogP contribution in [0.25, 0.3) is 17.0 Å². The second kappa shape index (κ2) is 8.66. The van der Waals surface area contributed by atoms with Crippen molar-refractivity contribution in [3.8, 4) is 6.07 Å². The summed E-state index contributed by atoms with van der Waals surface area (Å²) in [5.41, 5.74) is 3.58. The van der Waals surface area contributed by atoms with E-state index in [-0.39, 0.29) is 11.4 Å². The zero-order valence-electron chi connectivity index (χ0n) is 17.4. The number of ether oxygens (including phenoxy) is 1. The fourth-order valence-electron chi connectivity index (χ4n) is 3.25. The lowest BCUT2D eigenvalue weighted by atomic mass is 10.0. The summed E-state index contributed by atoms with van der Waals surface area (Å²) in [5, 5.41) is 10.2. The summed E-state index contributed by atoms with van der Waals surface area (Å²) in [5.74, 6) is -1.14. The van der Waals surface area contributed by atoms with Crippen LogP contribution in [0.4, 0.5) is 5.69 Å². The molecule has 0 fully saturated rings. The maximum absolute atomic E-state index is 12.9. The van der Waals surface area contributed by atoms with Gasteiger partial charge in [0.15, 0.2) is 6.10 Å². The van der Waals surface area contributed by atoms with E-state index < -0.39 is 12.1 Å². The summed E-state index contributed by atoms with van der Waals surface area (Å²) >= 11 is 0. The highest BCUT2D eigenvalue weighted by Gasteiger charge is 2.25. The molecule has 1 N–H and O–H groups in total. The van der Waals surface area contributed by atoms with E-state index in [0.717, 1.165) is 16.6 Å². The molecule has 3 rings (SSSR count). The standard InChI is InChI=1S/C24H23N3O3/c1-15-22(20-7-5-6-8-21(20)26-15)23(28)16(2)30-24(29)18(14-25)13-17-9-11-19(12-10-17)27(3)4/h5-13,16,26H,1-4H3. The van der Waals surface area contributed by atoms with Crippen molar-refractivity contribution in [2.24, 2.45) is 0 Å². The first-order valence-electron chi connectivity index (χ1n) is 9.53. The largest absolute Gasteiger partial charge is 0.450 e. The molecule has 152 valence electrons. The number of rotatable bonds is 6. The molecule has 0 aliphatic rings. The molecule has 0 amide bonds. The van der Waals surface area contributed by atoms with Crippen molar-refractivity contribution in [2.75, 3.05) is 19.0 Å². The Balaban J connectivity index is 1.78. The monoisotopic (exact) mass is 401 g/mol. The van der Waals surface area contributed by atoms with Gasteiger partial charge >= 0.3 is 5.97 Å². The van der Waals surface area contributed by atoms with E-state index in [4.69, 9.17) is 4.74 Å². The molecule has 0 spiro atoms. The van der Waals surface area contributed by atoms with Crippen LogP contribution in [-0.2, 0) is 9.53 Å². The maximum atomic E-state index is 12.9. The van der Waals surface area contributed by atoms with Gasteiger partial charge in [0, 0.05) is 41.9 Å². The Morgan fingerprint density at radius 1 is 1.13 bits per heavy atom. The predicted molar refractivity (Wildman–Crippen MR) is 117 cm³/mol. The summed E-state index contributed by atoms with van der Waals surface area (Å²) < 4.78 is 5.33. The van der Waals surface area contributed by atoms with Crippen molar-refractivity contribution in [1.82, 2.24) is 4.98 Å². The first kappa shape index (κ1) is 20.9. The van der Waals surface area contributed by atoms with Gasteiger partial charge in [0.1, 0.15) is 11.6 Å². The van der Waals surface area contributed by atoms with Gasteiger partial charge in [-0.1, -0.05) is 30.3 Å². The van der Waals surface area contributed by atoms with Crippen molar-refractivity contribution in [2.45, 2.75) is 20.0 Å². The van der Waals surface area contributed by atoms with Gasteiger partial charge in [-0.2, -0.15) is 5.26 Å². The van der Waals surface area contributed by atoms with Crippen LogP contribution in [0.15, 0.2) is 54.1 Å². The Bertz CT molecular complexity index is 1160. The number of nitriles is 1. The Labute approximate surface area is 175 Å². The number of carbonyl (C=O) groups is 2. The molecule has 0 bridgehead atoms. The number of esters is 1.